The van der Waals surface area contributed by atoms with E-state index in [0.29, 0.717) is 12.8 Å². The highest BCUT2D eigenvalue weighted by Gasteiger charge is 2.44. The van der Waals surface area contributed by atoms with Crippen molar-refractivity contribution in [3.63, 3.8) is 0 Å². The highest BCUT2D eigenvalue weighted by molar-refractivity contribution is 5.87. The third kappa shape index (κ3) is 4.30. The Kier molecular flexibility index (Phi) is 6.13. The molecule has 0 spiro atoms. The molecule has 0 bridgehead atoms. The van der Waals surface area contributed by atoms with Gasteiger partial charge in [0.05, 0.1) is 12.0 Å². The number of hydrogen-bond acceptors (Lipinski definition) is 4. The Hall–Kier alpha value is -3.79. The predicted octanol–water partition coefficient (Wildman–Crippen LogP) is 2.90. The van der Waals surface area contributed by atoms with Gasteiger partial charge in [0.15, 0.2) is 0 Å². The van der Waals surface area contributed by atoms with Gasteiger partial charge < -0.3 is 20.5 Å². The molecule has 1 fully saturated rings. The Labute approximate surface area is 186 Å². The van der Waals surface area contributed by atoms with Crippen molar-refractivity contribution in [2.45, 2.75) is 25.2 Å². The second kappa shape index (κ2) is 9.15. The van der Waals surface area contributed by atoms with Crippen LogP contribution in [-0.2, 0) is 14.3 Å². The van der Waals surface area contributed by atoms with Crippen molar-refractivity contribution in [3.05, 3.63) is 59.7 Å². The molecule has 2 aliphatic rings. The van der Waals surface area contributed by atoms with Crippen molar-refractivity contribution in [1.29, 1.82) is 0 Å². The Bertz CT molecular complexity index is 1070. The minimum absolute atomic E-state index is 0.0260. The van der Waals surface area contributed by atoms with Crippen LogP contribution in [0.1, 0.15) is 36.3 Å². The number of rotatable bonds is 6. The summed E-state index contributed by atoms with van der Waals surface area (Å²) in [5, 5.41) is 13.9. The lowest BCUT2D eigenvalue weighted by atomic mass is 9.68. The summed E-state index contributed by atoms with van der Waals surface area (Å²) < 4.78 is 5.54. The lowest BCUT2D eigenvalue weighted by molar-refractivity contribution is -0.135. The molecule has 0 saturated heterocycles. The summed E-state index contributed by atoms with van der Waals surface area (Å²) in [7, 11) is 0. The lowest BCUT2D eigenvalue weighted by Crippen LogP contribution is -2.52. The van der Waals surface area contributed by atoms with Gasteiger partial charge in [-0.15, -0.1) is 0 Å². The molecule has 164 valence electrons. The molecule has 0 aliphatic heterocycles. The zero-order chi connectivity index (χ0) is 22.6. The highest BCUT2D eigenvalue weighted by atomic mass is 16.5. The summed E-state index contributed by atoms with van der Waals surface area (Å²) in [6, 6.07) is 16.2. The van der Waals surface area contributed by atoms with Crippen LogP contribution in [0.4, 0.5) is 4.79 Å². The smallest absolute Gasteiger partial charge is 0.407 e. The van der Waals surface area contributed by atoms with E-state index < -0.39 is 17.5 Å². The Morgan fingerprint density at radius 1 is 1.00 bits per heavy atom. The van der Waals surface area contributed by atoms with Crippen LogP contribution in [0, 0.1) is 17.3 Å². The van der Waals surface area contributed by atoms with E-state index in [-0.39, 0.29) is 31.5 Å². The number of carboxylic acids is 1. The van der Waals surface area contributed by atoms with Crippen molar-refractivity contribution in [2.75, 3.05) is 19.7 Å². The van der Waals surface area contributed by atoms with E-state index >= 15 is 0 Å². The van der Waals surface area contributed by atoms with Gasteiger partial charge in [0.25, 0.3) is 0 Å². The fourth-order valence-corrected chi connectivity index (χ4v) is 4.41. The number of aliphatic carboxylic acids is 1. The number of carbonyl (C=O) groups is 3. The topological polar surface area (TPSA) is 105 Å². The number of alkyl carbamates (subject to hydrolysis) is 1. The maximum absolute atomic E-state index is 12.5. The van der Waals surface area contributed by atoms with E-state index in [2.05, 4.69) is 40.8 Å². The first kappa shape index (κ1) is 21.4. The summed E-state index contributed by atoms with van der Waals surface area (Å²) in [5.74, 6) is 2.83. The molecular weight excluding hydrogens is 408 g/mol. The number of carbonyl (C=O) groups excluding carboxylic acids is 2. The van der Waals surface area contributed by atoms with Gasteiger partial charge >= 0.3 is 12.1 Å². The van der Waals surface area contributed by atoms with Crippen molar-refractivity contribution in [1.82, 2.24) is 10.6 Å². The molecule has 0 atom stereocenters. The van der Waals surface area contributed by atoms with Crippen LogP contribution >= 0.6 is 0 Å². The summed E-state index contributed by atoms with van der Waals surface area (Å²) >= 11 is 0. The summed E-state index contributed by atoms with van der Waals surface area (Å²) in [5.41, 5.74) is 3.90. The fourth-order valence-electron chi connectivity index (χ4n) is 4.41. The second-order valence-corrected chi connectivity index (χ2v) is 8.10. The van der Waals surface area contributed by atoms with E-state index in [0.717, 1.165) is 28.7 Å². The molecule has 1 saturated carbocycles. The quantitative estimate of drug-likeness (QED) is 0.609. The van der Waals surface area contributed by atoms with Crippen molar-refractivity contribution >= 4 is 18.0 Å². The molecule has 0 heterocycles. The molecule has 0 aromatic heterocycles. The number of carboxylic acid groups (broad SMARTS) is 1. The van der Waals surface area contributed by atoms with E-state index in [1.807, 2.05) is 30.2 Å². The molecule has 3 N–H and O–H groups in total. The number of nitrogens with one attached hydrogen (secondary N) is 2. The molecule has 7 heteroatoms. The van der Waals surface area contributed by atoms with Gasteiger partial charge in [0.2, 0.25) is 5.91 Å². The van der Waals surface area contributed by atoms with Gasteiger partial charge in [-0.3, -0.25) is 4.79 Å². The molecule has 4 rings (SSSR count). The lowest BCUT2D eigenvalue weighted by Gasteiger charge is -2.39. The molecule has 2 amide bonds. The first-order valence-electron chi connectivity index (χ1n) is 10.6. The van der Waals surface area contributed by atoms with Crippen LogP contribution < -0.4 is 10.6 Å². The minimum atomic E-state index is -1.24. The maximum atomic E-state index is 12.5. The second-order valence-electron chi connectivity index (χ2n) is 8.10. The van der Waals surface area contributed by atoms with E-state index in [9.17, 15) is 14.4 Å². The monoisotopic (exact) mass is 432 g/mol. The van der Waals surface area contributed by atoms with Crippen LogP contribution in [0.25, 0.3) is 11.1 Å². The van der Waals surface area contributed by atoms with Gasteiger partial charge in [-0.25, -0.2) is 9.59 Å². The number of ether oxygens (including phenoxy) is 1. The first-order chi connectivity index (χ1) is 15.5. The normalized spacial score (nSPS) is 15.2. The number of hydrogen-bond donors (Lipinski definition) is 3. The standard InChI is InChI=1S/C25H24N2O5/c28-22(29)11-5-14-26-23(30)25(12-6-13-25)16-27-24(31)32-15-21-19-9-3-1-7-17(19)18-8-2-4-10-20(18)21/h1-4,7-10,21H,6,12-16H2,(H,26,30)(H,27,31)(H,28,29). The summed E-state index contributed by atoms with van der Waals surface area (Å²) in [6.07, 6.45) is 1.63. The van der Waals surface area contributed by atoms with Crippen LogP contribution in [0.2, 0.25) is 0 Å². The molecule has 2 aromatic rings. The van der Waals surface area contributed by atoms with Crippen molar-refractivity contribution in [3.8, 4) is 23.0 Å². The zero-order valence-electron chi connectivity index (χ0n) is 17.5. The van der Waals surface area contributed by atoms with E-state index in [1.165, 1.54) is 0 Å². The number of fused-ring (bicyclic) bond motifs is 3. The Morgan fingerprint density at radius 2 is 1.62 bits per heavy atom. The Morgan fingerprint density at radius 3 is 2.19 bits per heavy atom. The van der Waals surface area contributed by atoms with E-state index in [1.54, 1.807) is 0 Å². The molecule has 7 nitrogen and oxygen atoms in total. The average molecular weight is 432 g/mol. The van der Waals surface area contributed by atoms with Crippen LogP contribution in [-0.4, -0.2) is 42.8 Å². The third-order valence-corrected chi connectivity index (χ3v) is 6.24. The van der Waals surface area contributed by atoms with Crippen LogP contribution in [0.3, 0.4) is 0 Å². The van der Waals surface area contributed by atoms with Crippen LogP contribution in [0.5, 0.6) is 0 Å². The molecule has 0 unspecified atom stereocenters. The van der Waals surface area contributed by atoms with Crippen molar-refractivity contribution < 1.29 is 24.2 Å². The molecular formula is C25H24N2O5. The van der Waals surface area contributed by atoms with Crippen LogP contribution in [0.15, 0.2) is 48.5 Å². The highest BCUT2D eigenvalue weighted by Crippen LogP contribution is 2.44. The first-order valence-corrected chi connectivity index (χ1v) is 10.6. The molecule has 2 aromatic carbocycles. The third-order valence-electron chi connectivity index (χ3n) is 6.24. The minimum Gasteiger partial charge on any atom is -0.472 e. The summed E-state index contributed by atoms with van der Waals surface area (Å²) in [6.45, 7) is 0.337. The van der Waals surface area contributed by atoms with Gasteiger partial charge in [-0.1, -0.05) is 60.9 Å². The van der Waals surface area contributed by atoms with Gasteiger partial charge in [0, 0.05) is 18.4 Å². The maximum Gasteiger partial charge on any atom is 0.407 e. The SMILES string of the molecule is O=C(O)C#CCNC(=O)C1(CNC(=O)OCC2c3ccccc3-c3ccccc32)CCC1. The zero-order valence-corrected chi connectivity index (χ0v) is 17.5. The van der Waals surface area contributed by atoms with Crippen molar-refractivity contribution in [2.24, 2.45) is 5.41 Å². The van der Waals surface area contributed by atoms with Gasteiger partial charge in [-0.2, -0.15) is 0 Å². The molecule has 2 aliphatic carbocycles. The summed E-state index contributed by atoms with van der Waals surface area (Å²) in [4.78, 5) is 35.4. The molecule has 32 heavy (non-hydrogen) atoms. The largest absolute Gasteiger partial charge is 0.472 e. The van der Waals surface area contributed by atoms with Gasteiger partial charge in [0.1, 0.15) is 6.61 Å². The Balaban J connectivity index is 1.32. The van der Waals surface area contributed by atoms with E-state index in [4.69, 9.17) is 9.84 Å². The number of amides is 2. The predicted molar refractivity (Wildman–Crippen MR) is 118 cm³/mol. The fraction of sp³-hybridized carbons (Fsp3) is 0.320. The number of benzene rings is 2. The average Bonchev–Trinajstić information content (AvgIpc) is 3.08. The van der Waals surface area contributed by atoms with Gasteiger partial charge in [-0.05, 0) is 35.1 Å². The molecule has 0 radical (unpaired) electrons.